The Morgan fingerprint density at radius 2 is 1.95 bits per heavy atom. The summed E-state index contributed by atoms with van der Waals surface area (Å²) in [6, 6.07) is 11.0. The maximum atomic E-state index is 5.62. The number of aromatic nitrogens is 2. The summed E-state index contributed by atoms with van der Waals surface area (Å²) in [5.41, 5.74) is 0. The maximum absolute atomic E-state index is 5.62. The monoisotopic (exact) mass is 275 g/mol. The molecule has 1 aliphatic carbocycles. The van der Waals surface area contributed by atoms with Gasteiger partial charge in [-0.2, -0.15) is 0 Å². The predicted molar refractivity (Wildman–Crippen MR) is 75.0 cm³/mol. The van der Waals surface area contributed by atoms with Crippen LogP contribution in [0, 0.1) is 0 Å². The van der Waals surface area contributed by atoms with E-state index >= 15 is 0 Å². The van der Waals surface area contributed by atoms with Crippen molar-refractivity contribution < 1.29 is 4.42 Å². The van der Waals surface area contributed by atoms with Gasteiger partial charge in [0.2, 0.25) is 11.8 Å². The molecule has 100 valence electrons. The van der Waals surface area contributed by atoms with Gasteiger partial charge in [0, 0.05) is 23.9 Å². The van der Waals surface area contributed by atoms with E-state index < -0.39 is 0 Å². The first-order chi connectivity index (χ1) is 9.40. The molecule has 1 aromatic carbocycles. The molecule has 1 aromatic heterocycles. The third-order valence-corrected chi connectivity index (χ3v) is 3.96. The molecule has 0 unspecified atom stereocenters. The highest BCUT2D eigenvalue weighted by Gasteiger charge is 2.20. The predicted octanol–water partition coefficient (Wildman–Crippen LogP) is 2.66. The summed E-state index contributed by atoms with van der Waals surface area (Å²) in [6.07, 6.45) is 3.44. The molecule has 0 radical (unpaired) electrons. The molecule has 1 fully saturated rings. The average Bonchev–Trinajstić information content (AvgIpc) is 3.16. The second kappa shape index (κ2) is 6.21. The van der Waals surface area contributed by atoms with Crippen LogP contribution in [0.1, 0.15) is 24.6 Å². The third-order valence-electron chi connectivity index (χ3n) is 2.96. The lowest BCUT2D eigenvalue weighted by molar-refractivity contribution is 0.457. The summed E-state index contributed by atoms with van der Waals surface area (Å²) in [5.74, 6) is 2.17. The zero-order valence-corrected chi connectivity index (χ0v) is 11.5. The Bertz CT molecular complexity index is 510. The van der Waals surface area contributed by atoms with E-state index in [0.717, 1.165) is 30.7 Å². The number of hydrogen-bond donors (Lipinski definition) is 1. The van der Waals surface area contributed by atoms with Gasteiger partial charge in [-0.3, -0.25) is 0 Å². The van der Waals surface area contributed by atoms with Crippen molar-refractivity contribution in [3.8, 4) is 0 Å². The molecular weight excluding hydrogens is 258 g/mol. The van der Waals surface area contributed by atoms with Crippen LogP contribution < -0.4 is 5.32 Å². The van der Waals surface area contributed by atoms with Gasteiger partial charge >= 0.3 is 0 Å². The number of benzene rings is 1. The highest BCUT2D eigenvalue weighted by molar-refractivity contribution is 7.98. The van der Waals surface area contributed by atoms with E-state index in [-0.39, 0.29) is 0 Å². The number of rotatable bonds is 7. The Labute approximate surface area is 117 Å². The van der Waals surface area contributed by atoms with Gasteiger partial charge in [0.25, 0.3) is 0 Å². The van der Waals surface area contributed by atoms with Crippen LogP contribution in [0.3, 0.4) is 0 Å². The molecule has 4 nitrogen and oxygen atoms in total. The van der Waals surface area contributed by atoms with Crippen LogP contribution in [0.15, 0.2) is 39.6 Å². The lowest BCUT2D eigenvalue weighted by atomic mass is 10.4. The fraction of sp³-hybridized carbons (Fsp3) is 0.429. The molecule has 0 amide bonds. The number of thioether (sulfide) groups is 1. The molecule has 1 heterocycles. The lowest BCUT2D eigenvalue weighted by Gasteiger charge is -1.98. The van der Waals surface area contributed by atoms with Crippen molar-refractivity contribution in [2.75, 3.05) is 6.54 Å². The van der Waals surface area contributed by atoms with E-state index in [1.807, 2.05) is 18.2 Å². The van der Waals surface area contributed by atoms with Gasteiger partial charge in [-0.25, -0.2) is 0 Å². The van der Waals surface area contributed by atoms with Crippen LogP contribution in [0.5, 0.6) is 0 Å². The van der Waals surface area contributed by atoms with Gasteiger partial charge in [-0.15, -0.1) is 22.0 Å². The molecule has 0 spiro atoms. The van der Waals surface area contributed by atoms with Gasteiger partial charge in [0.15, 0.2) is 0 Å². The van der Waals surface area contributed by atoms with Crippen LogP contribution >= 0.6 is 11.8 Å². The van der Waals surface area contributed by atoms with Crippen molar-refractivity contribution in [3.63, 3.8) is 0 Å². The van der Waals surface area contributed by atoms with E-state index in [4.69, 9.17) is 4.42 Å². The Morgan fingerprint density at radius 1 is 1.16 bits per heavy atom. The first kappa shape index (κ1) is 12.7. The molecule has 0 aliphatic heterocycles. The number of hydrogen-bond acceptors (Lipinski definition) is 5. The minimum Gasteiger partial charge on any atom is -0.424 e. The zero-order chi connectivity index (χ0) is 12.9. The average molecular weight is 275 g/mol. The van der Waals surface area contributed by atoms with Crippen molar-refractivity contribution >= 4 is 11.8 Å². The van der Waals surface area contributed by atoms with Gasteiger partial charge in [0.05, 0.1) is 5.75 Å². The second-order valence-corrected chi connectivity index (χ2v) is 5.72. The lowest BCUT2D eigenvalue weighted by Crippen LogP contribution is -2.19. The van der Waals surface area contributed by atoms with Crippen LogP contribution in [0.2, 0.25) is 0 Å². The topological polar surface area (TPSA) is 51.0 Å². The van der Waals surface area contributed by atoms with E-state index in [0.29, 0.717) is 5.89 Å². The van der Waals surface area contributed by atoms with Crippen molar-refractivity contribution in [2.24, 2.45) is 0 Å². The maximum Gasteiger partial charge on any atom is 0.226 e. The summed E-state index contributed by atoms with van der Waals surface area (Å²) < 4.78 is 5.62. The van der Waals surface area contributed by atoms with Crippen LogP contribution in [0.4, 0.5) is 0 Å². The molecule has 1 saturated carbocycles. The quantitative estimate of drug-likeness (QED) is 0.787. The standard InChI is InChI=1S/C14H17N3OS/c1-2-4-12(5-3-1)19-10-14-17-16-13(18-14)8-9-15-11-6-7-11/h1-5,11,15H,6-10H2. The largest absolute Gasteiger partial charge is 0.424 e. The molecule has 1 aliphatic rings. The van der Waals surface area contributed by atoms with E-state index in [9.17, 15) is 0 Å². The minimum atomic E-state index is 0.704. The Kier molecular flexibility index (Phi) is 4.15. The van der Waals surface area contributed by atoms with Gasteiger partial charge in [-0.1, -0.05) is 18.2 Å². The molecule has 5 heteroatoms. The smallest absolute Gasteiger partial charge is 0.226 e. The number of nitrogens with one attached hydrogen (secondary N) is 1. The summed E-state index contributed by atoms with van der Waals surface area (Å²) >= 11 is 1.71. The van der Waals surface area contributed by atoms with E-state index in [1.165, 1.54) is 17.7 Å². The van der Waals surface area contributed by atoms with Crippen LogP contribution in [-0.4, -0.2) is 22.8 Å². The van der Waals surface area contributed by atoms with Gasteiger partial charge < -0.3 is 9.73 Å². The summed E-state index contributed by atoms with van der Waals surface area (Å²) in [4.78, 5) is 1.22. The third kappa shape index (κ3) is 4.08. The second-order valence-electron chi connectivity index (χ2n) is 4.67. The Morgan fingerprint density at radius 3 is 2.74 bits per heavy atom. The molecule has 0 saturated heterocycles. The first-order valence-electron chi connectivity index (χ1n) is 6.62. The summed E-state index contributed by atoms with van der Waals surface area (Å²) in [6.45, 7) is 0.929. The van der Waals surface area contributed by atoms with Crippen molar-refractivity contribution in [1.29, 1.82) is 0 Å². The van der Waals surface area contributed by atoms with E-state index in [2.05, 4.69) is 27.6 Å². The molecular formula is C14H17N3OS. The molecule has 2 aromatic rings. The molecule has 0 atom stereocenters. The fourth-order valence-electron chi connectivity index (χ4n) is 1.78. The Balaban J connectivity index is 1.44. The van der Waals surface area contributed by atoms with Crippen molar-refractivity contribution in [3.05, 3.63) is 42.1 Å². The molecule has 19 heavy (non-hydrogen) atoms. The van der Waals surface area contributed by atoms with Gasteiger partial charge in [0.1, 0.15) is 0 Å². The zero-order valence-electron chi connectivity index (χ0n) is 10.7. The molecule has 1 N–H and O–H groups in total. The highest BCUT2D eigenvalue weighted by atomic mass is 32.2. The summed E-state index contributed by atoms with van der Waals surface area (Å²) in [7, 11) is 0. The van der Waals surface area contributed by atoms with Gasteiger partial charge in [-0.05, 0) is 25.0 Å². The normalized spacial score (nSPS) is 14.7. The fourth-order valence-corrected chi connectivity index (χ4v) is 2.54. The first-order valence-corrected chi connectivity index (χ1v) is 7.61. The summed E-state index contributed by atoms with van der Waals surface area (Å²) in [5, 5.41) is 11.6. The SMILES string of the molecule is c1ccc(SCc2nnc(CCNC3CC3)o2)cc1. The van der Waals surface area contributed by atoms with Crippen LogP contribution in [0.25, 0.3) is 0 Å². The van der Waals surface area contributed by atoms with Crippen molar-refractivity contribution in [2.45, 2.75) is 36.0 Å². The minimum absolute atomic E-state index is 0.704. The molecule has 0 bridgehead atoms. The van der Waals surface area contributed by atoms with E-state index in [1.54, 1.807) is 11.8 Å². The Hall–Kier alpha value is -1.33. The van der Waals surface area contributed by atoms with Crippen molar-refractivity contribution in [1.82, 2.24) is 15.5 Å². The molecule has 3 rings (SSSR count). The highest BCUT2D eigenvalue weighted by Crippen LogP contribution is 2.21. The van der Waals surface area contributed by atoms with Crippen LogP contribution in [-0.2, 0) is 12.2 Å². The number of nitrogens with zero attached hydrogens (tertiary/aromatic N) is 2.